The Morgan fingerprint density at radius 3 is 2.40 bits per heavy atom. The van der Waals surface area contributed by atoms with E-state index in [-0.39, 0.29) is 11.4 Å². The molecule has 1 unspecified atom stereocenters. The highest BCUT2D eigenvalue weighted by Crippen LogP contribution is 2.33. The van der Waals surface area contributed by atoms with Crippen LogP contribution in [0.4, 0.5) is 0 Å². The van der Waals surface area contributed by atoms with Crippen molar-refractivity contribution in [3.8, 4) is 0 Å². The summed E-state index contributed by atoms with van der Waals surface area (Å²) in [7, 11) is 0. The molecule has 1 amide bonds. The SMILES string of the molecule is CCC1(c2ccc(Cl)cc2)N=C(NC(C)(C)C)NC1=O. The molecule has 108 valence electrons. The molecule has 1 aromatic carbocycles. The quantitative estimate of drug-likeness (QED) is 0.881. The van der Waals surface area contributed by atoms with Crippen molar-refractivity contribution in [3.05, 3.63) is 34.9 Å². The molecular formula is C15H20ClN3O. The van der Waals surface area contributed by atoms with E-state index in [2.05, 4.69) is 15.6 Å². The fourth-order valence-electron chi connectivity index (χ4n) is 2.26. The first-order chi connectivity index (χ1) is 9.27. The summed E-state index contributed by atoms with van der Waals surface area (Å²) in [6.45, 7) is 8.03. The second-order valence-corrected chi connectivity index (χ2v) is 6.45. The first kappa shape index (κ1) is 14.9. The minimum absolute atomic E-state index is 0.103. The van der Waals surface area contributed by atoms with Gasteiger partial charge in [0.25, 0.3) is 5.91 Å². The number of hydrogen-bond acceptors (Lipinski definition) is 3. The van der Waals surface area contributed by atoms with Gasteiger partial charge in [0, 0.05) is 10.6 Å². The summed E-state index contributed by atoms with van der Waals surface area (Å²) in [5, 5.41) is 6.69. The zero-order valence-corrected chi connectivity index (χ0v) is 13.0. The number of rotatable bonds is 2. The number of nitrogens with one attached hydrogen (secondary N) is 2. The van der Waals surface area contributed by atoms with Crippen molar-refractivity contribution in [1.82, 2.24) is 10.6 Å². The minimum atomic E-state index is -0.863. The lowest BCUT2D eigenvalue weighted by molar-refractivity contribution is -0.124. The molecule has 0 bridgehead atoms. The molecule has 1 atom stereocenters. The number of aliphatic imine (C=N–C) groups is 1. The summed E-state index contributed by atoms with van der Waals surface area (Å²) >= 11 is 5.91. The number of hydrogen-bond donors (Lipinski definition) is 2. The minimum Gasteiger partial charge on any atom is -0.351 e. The first-order valence-electron chi connectivity index (χ1n) is 6.72. The van der Waals surface area contributed by atoms with Crippen molar-refractivity contribution in [2.24, 2.45) is 4.99 Å². The van der Waals surface area contributed by atoms with E-state index in [4.69, 9.17) is 11.6 Å². The predicted molar refractivity (Wildman–Crippen MR) is 81.9 cm³/mol. The molecule has 0 saturated carbocycles. The van der Waals surface area contributed by atoms with E-state index in [0.29, 0.717) is 17.4 Å². The Morgan fingerprint density at radius 2 is 1.90 bits per heavy atom. The highest BCUT2D eigenvalue weighted by atomic mass is 35.5. The van der Waals surface area contributed by atoms with E-state index in [1.54, 1.807) is 12.1 Å². The van der Waals surface area contributed by atoms with Gasteiger partial charge in [-0.1, -0.05) is 30.7 Å². The van der Waals surface area contributed by atoms with Crippen LogP contribution in [0.2, 0.25) is 5.02 Å². The van der Waals surface area contributed by atoms with Crippen LogP contribution >= 0.6 is 11.6 Å². The molecule has 20 heavy (non-hydrogen) atoms. The summed E-state index contributed by atoms with van der Waals surface area (Å²) in [4.78, 5) is 17.0. The van der Waals surface area contributed by atoms with E-state index in [1.165, 1.54) is 0 Å². The average molecular weight is 294 g/mol. The third-order valence-corrected chi connectivity index (χ3v) is 3.49. The molecule has 1 heterocycles. The lowest BCUT2D eigenvalue weighted by Gasteiger charge is -2.22. The number of guanidine groups is 1. The van der Waals surface area contributed by atoms with Crippen LogP contribution in [0, 0.1) is 0 Å². The fourth-order valence-corrected chi connectivity index (χ4v) is 2.39. The molecule has 0 aliphatic carbocycles. The molecule has 2 rings (SSSR count). The van der Waals surface area contributed by atoms with E-state index >= 15 is 0 Å². The number of nitrogens with zero attached hydrogens (tertiary/aromatic N) is 1. The van der Waals surface area contributed by atoms with Crippen LogP contribution in [0.15, 0.2) is 29.3 Å². The standard InChI is InChI=1S/C15H20ClN3O/c1-5-15(10-6-8-11(16)9-7-10)12(20)17-13(19-15)18-14(2,3)4/h6-9H,5H2,1-4H3,(H2,17,18,19,20). The van der Waals surface area contributed by atoms with E-state index < -0.39 is 5.54 Å². The summed E-state index contributed by atoms with van der Waals surface area (Å²) in [6.07, 6.45) is 0.593. The van der Waals surface area contributed by atoms with Gasteiger partial charge in [-0.15, -0.1) is 0 Å². The molecule has 0 saturated heterocycles. The van der Waals surface area contributed by atoms with Crippen molar-refractivity contribution in [3.63, 3.8) is 0 Å². The molecule has 0 fully saturated rings. The summed E-state index contributed by atoms with van der Waals surface area (Å²) < 4.78 is 0. The summed E-state index contributed by atoms with van der Waals surface area (Å²) in [6, 6.07) is 7.28. The normalized spacial score (nSPS) is 22.4. The second-order valence-electron chi connectivity index (χ2n) is 6.01. The van der Waals surface area contributed by atoms with E-state index in [1.807, 2.05) is 39.8 Å². The Morgan fingerprint density at radius 1 is 1.30 bits per heavy atom. The molecule has 1 aliphatic rings. The number of benzene rings is 1. The molecule has 1 aliphatic heterocycles. The molecule has 2 N–H and O–H groups in total. The molecule has 0 aromatic heterocycles. The molecular weight excluding hydrogens is 274 g/mol. The molecule has 1 aromatic rings. The average Bonchev–Trinajstić information content (AvgIpc) is 2.65. The first-order valence-corrected chi connectivity index (χ1v) is 7.10. The number of carbonyl (C=O) groups excluding carboxylic acids is 1. The van der Waals surface area contributed by atoms with Gasteiger partial charge in [0.15, 0.2) is 11.5 Å². The van der Waals surface area contributed by atoms with Gasteiger partial charge in [0.2, 0.25) is 0 Å². The maximum atomic E-state index is 12.4. The largest absolute Gasteiger partial charge is 0.351 e. The molecule has 4 nitrogen and oxygen atoms in total. The van der Waals surface area contributed by atoms with Crippen LogP contribution < -0.4 is 10.6 Å². The predicted octanol–water partition coefficient (Wildman–Crippen LogP) is 2.82. The maximum absolute atomic E-state index is 12.4. The Bertz CT molecular complexity index is 545. The molecule has 5 heteroatoms. The van der Waals surface area contributed by atoms with Crippen molar-refractivity contribution >= 4 is 23.5 Å². The summed E-state index contributed by atoms with van der Waals surface area (Å²) in [5.74, 6) is 0.424. The lowest BCUT2D eigenvalue weighted by Crippen LogP contribution is -2.47. The smallest absolute Gasteiger partial charge is 0.259 e. The van der Waals surface area contributed by atoms with Crippen LogP contribution in [0.3, 0.4) is 0 Å². The highest BCUT2D eigenvalue weighted by Gasteiger charge is 2.44. The summed E-state index contributed by atoms with van der Waals surface area (Å²) in [5.41, 5.74) is -0.165. The third kappa shape index (κ3) is 2.80. The Kier molecular flexibility index (Phi) is 3.78. The van der Waals surface area contributed by atoms with Gasteiger partial charge in [0.1, 0.15) is 0 Å². The van der Waals surface area contributed by atoms with Gasteiger partial charge in [-0.3, -0.25) is 10.1 Å². The maximum Gasteiger partial charge on any atom is 0.259 e. The monoisotopic (exact) mass is 293 g/mol. The van der Waals surface area contributed by atoms with Crippen molar-refractivity contribution < 1.29 is 4.79 Å². The van der Waals surface area contributed by atoms with Gasteiger partial charge < -0.3 is 5.32 Å². The van der Waals surface area contributed by atoms with Crippen molar-refractivity contribution in [1.29, 1.82) is 0 Å². The van der Waals surface area contributed by atoms with Gasteiger partial charge in [-0.05, 0) is 44.9 Å². The van der Waals surface area contributed by atoms with Crippen LogP contribution in [0.1, 0.15) is 39.7 Å². The van der Waals surface area contributed by atoms with Gasteiger partial charge in [-0.25, -0.2) is 4.99 Å². The van der Waals surface area contributed by atoms with E-state index in [9.17, 15) is 4.79 Å². The van der Waals surface area contributed by atoms with Crippen LogP contribution in [0.25, 0.3) is 0 Å². The van der Waals surface area contributed by atoms with E-state index in [0.717, 1.165) is 5.56 Å². The Labute approximate surface area is 124 Å². The van der Waals surface area contributed by atoms with Crippen molar-refractivity contribution in [2.75, 3.05) is 0 Å². The fraction of sp³-hybridized carbons (Fsp3) is 0.467. The molecule has 0 spiro atoms. The second kappa shape index (κ2) is 5.09. The topological polar surface area (TPSA) is 53.5 Å². The van der Waals surface area contributed by atoms with Gasteiger partial charge in [-0.2, -0.15) is 0 Å². The zero-order chi connectivity index (χ0) is 15.0. The van der Waals surface area contributed by atoms with Crippen LogP contribution in [-0.2, 0) is 10.3 Å². The third-order valence-electron chi connectivity index (χ3n) is 3.24. The molecule has 0 radical (unpaired) electrons. The highest BCUT2D eigenvalue weighted by molar-refractivity contribution is 6.30. The number of halogens is 1. The zero-order valence-electron chi connectivity index (χ0n) is 12.2. The van der Waals surface area contributed by atoms with Crippen LogP contribution in [-0.4, -0.2) is 17.4 Å². The Balaban J connectivity index is 2.39. The van der Waals surface area contributed by atoms with Crippen molar-refractivity contribution in [2.45, 2.75) is 45.2 Å². The number of amides is 1. The van der Waals surface area contributed by atoms with Gasteiger partial charge in [0.05, 0.1) is 0 Å². The van der Waals surface area contributed by atoms with Gasteiger partial charge >= 0.3 is 0 Å². The van der Waals surface area contributed by atoms with Crippen LogP contribution in [0.5, 0.6) is 0 Å². The lowest BCUT2D eigenvalue weighted by atomic mass is 9.88. The Hall–Kier alpha value is -1.55. The number of carbonyl (C=O) groups is 1.